The van der Waals surface area contributed by atoms with Gasteiger partial charge >= 0.3 is 0 Å². The summed E-state index contributed by atoms with van der Waals surface area (Å²) in [5.41, 5.74) is 0.962. The van der Waals surface area contributed by atoms with Crippen molar-refractivity contribution in [3.05, 3.63) is 45.9 Å². The molecule has 0 aliphatic heterocycles. The monoisotopic (exact) mass is 281 g/mol. The second-order valence-corrected chi connectivity index (χ2v) is 5.15. The maximum atomic E-state index is 5.67. The van der Waals surface area contributed by atoms with Crippen LogP contribution in [0.25, 0.3) is 0 Å². The van der Waals surface area contributed by atoms with Gasteiger partial charge in [-0.15, -0.1) is 11.3 Å². The number of para-hydroxylation sites is 1. The van der Waals surface area contributed by atoms with E-state index in [0.29, 0.717) is 19.0 Å². The lowest BCUT2D eigenvalue weighted by atomic mass is 10.3. The maximum absolute atomic E-state index is 5.67. The Balaban J connectivity index is 2.01. The van der Waals surface area contributed by atoms with Crippen LogP contribution in [0.15, 0.2) is 30.3 Å². The van der Waals surface area contributed by atoms with Crippen LogP contribution in [0.2, 0.25) is 0 Å². The van der Waals surface area contributed by atoms with E-state index in [1.165, 1.54) is 0 Å². The van der Waals surface area contributed by atoms with Crippen LogP contribution in [-0.2, 0) is 23.7 Å². The van der Waals surface area contributed by atoms with Crippen molar-refractivity contribution in [3.8, 4) is 5.75 Å². The van der Waals surface area contributed by atoms with Crippen LogP contribution >= 0.6 is 24.0 Å². The van der Waals surface area contributed by atoms with Gasteiger partial charge in [0, 0.05) is 17.7 Å². The molecule has 96 valence electrons. The molecule has 0 aliphatic rings. The lowest BCUT2D eigenvalue weighted by Crippen LogP contribution is -1.96. The number of rotatable bonds is 6. The Labute approximate surface area is 116 Å². The highest BCUT2D eigenvalue weighted by Gasteiger charge is 2.10. The highest BCUT2D eigenvalue weighted by molar-refractivity contribution is 7.79. The van der Waals surface area contributed by atoms with Gasteiger partial charge in [-0.3, -0.25) is 0 Å². The number of nitrogens with zero attached hydrogens (tertiary/aromatic N) is 1. The Hall–Kier alpha value is -1.04. The van der Waals surface area contributed by atoms with E-state index in [1.807, 2.05) is 30.3 Å². The van der Waals surface area contributed by atoms with Gasteiger partial charge in [0.15, 0.2) is 0 Å². The molecule has 0 N–H and O–H groups in total. The topological polar surface area (TPSA) is 31.4 Å². The molecule has 1 heterocycles. The van der Waals surface area contributed by atoms with E-state index >= 15 is 0 Å². The van der Waals surface area contributed by atoms with Gasteiger partial charge in [-0.05, 0) is 12.1 Å². The first-order valence-corrected chi connectivity index (χ1v) is 7.03. The molecular formula is C13H15NO2S2. The van der Waals surface area contributed by atoms with Crippen LogP contribution in [0.4, 0.5) is 0 Å². The molecule has 0 saturated heterocycles. The predicted molar refractivity (Wildman–Crippen MR) is 76.3 cm³/mol. The fourth-order valence-corrected chi connectivity index (χ4v) is 2.75. The minimum Gasteiger partial charge on any atom is -0.486 e. The van der Waals surface area contributed by atoms with Crippen molar-refractivity contribution in [1.29, 1.82) is 0 Å². The zero-order valence-corrected chi connectivity index (χ0v) is 11.8. The summed E-state index contributed by atoms with van der Waals surface area (Å²) in [7, 11) is 1.67. The molecule has 0 spiro atoms. The first-order chi connectivity index (χ1) is 8.83. The Bertz CT molecular complexity index is 485. The van der Waals surface area contributed by atoms with Crippen molar-refractivity contribution in [3.63, 3.8) is 0 Å². The van der Waals surface area contributed by atoms with Crippen molar-refractivity contribution in [1.82, 2.24) is 4.98 Å². The number of hydrogen-bond donors (Lipinski definition) is 1. The van der Waals surface area contributed by atoms with Gasteiger partial charge in [0.1, 0.15) is 17.4 Å². The van der Waals surface area contributed by atoms with E-state index in [2.05, 4.69) is 17.6 Å². The van der Waals surface area contributed by atoms with Gasteiger partial charge < -0.3 is 9.47 Å². The normalized spacial score (nSPS) is 10.6. The molecule has 0 fully saturated rings. The van der Waals surface area contributed by atoms with Crippen molar-refractivity contribution in [2.75, 3.05) is 7.11 Å². The van der Waals surface area contributed by atoms with E-state index in [9.17, 15) is 0 Å². The van der Waals surface area contributed by atoms with Gasteiger partial charge in [0.2, 0.25) is 0 Å². The molecule has 2 rings (SSSR count). The van der Waals surface area contributed by atoms with E-state index in [-0.39, 0.29) is 0 Å². The van der Waals surface area contributed by atoms with E-state index < -0.39 is 0 Å². The number of thiazole rings is 1. The number of hydrogen-bond acceptors (Lipinski definition) is 5. The summed E-state index contributed by atoms with van der Waals surface area (Å²) in [4.78, 5) is 5.65. The molecule has 0 amide bonds. The second-order valence-electron chi connectivity index (χ2n) is 3.67. The third-order valence-corrected chi connectivity index (χ3v) is 3.95. The Morgan fingerprint density at radius 1 is 1.22 bits per heavy atom. The third-order valence-electron chi connectivity index (χ3n) is 2.35. The van der Waals surface area contributed by atoms with Crippen LogP contribution in [0.5, 0.6) is 5.75 Å². The molecule has 0 atom stereocenters. The first kappa shape index (κ1) is 13.4. The van der Waals surface area contributed by atoms with Crippen LogP contribution in [0.1, 0.15) is 15.6 Å². The summed E-state index contributed by atoms with van der Waals surface area (Å²) in [6, 6.07) is 9.73. The third kappa shape index (κ3) is 3.48. The lowest BCUT2D eigenvalue weighted by molar-refractivity contribution is 0.181. The molecular weight excluding hydrogens is 266 g/mol. The van der Waals surface area contributed by atoms with Crippen LogP contribution in [0, 0.1) is 0 Å². The minimum atomic E-state index is 0.485. The number of benzene rings is 1. The van der Waals surface area contributed by atoms with Gasteiger partial charge in [-0.2, -0.15) is 12.6 Å². The minimum absolute atomic E-state index is 0.485. The molecule has 1 aromatic heterocycles. The fourth-order valence-electron chi connectivity index (χ4n) is 1.53. The fraction of sp³-hybridized carbons (Fsp3) is 0.308. The first-order valence-electron chi connectivity index (χ1n) is 5.58. The summed E-state index contributed by atoms with van der Waals surface area (Å²) in [5, 5.41) is 0.954. The molecule has 2 aromatic rings. The van der Waals surface area contributed by atoms with Crippen molar-refractivity contribution >= 4 is 24.0 Å². The number of aromatic nitrogens is 1. The van der Waals surface area contributed by atoms with Crippen molar-refractivity contribution in [2.45, 2.75) is 19.0 Å². The van der Waals surface area contributed by atoms with Gasteiger partial charge in [-0.25, -0.2) is 4.98 Å². The molecule has 0 saturated carbocycles. The zero-order valence-electron chi connectivity index (χ0n) is 10.1. The van der Waals surface area contributed by atoms with E-state index in [1.54, 1.807) is 18.4 Å². The molecule has 18 heavy (non-hydrogen) atoms. The summed E-state index contributed by atoms with van der Waals surface area (Å²) in [6.45, 7) is 1.01. The average Bonchev–Trinajstić information content (AvgIpc) is 2.80. The molecule has 0 bridgehead atoms. The van der Waals surface area contributed by atoms with Crippen LogP contribution in [0.3, 0.4) is 0 Å². The van der Waals surface area contributed by atoms with Gasteiger partial charge in [0.05, 0.1) is 12.3 Å². The molecule has 0 aliphatic carbocycles. The molecule has 0 radical (unpaired) electrons. The second kappa shape index (κ2) is 6.78. The standard InChI is InChI=1S/C13H15NO2S2/c1-15-7-11-12(9-17)18-13(14-11)8-16-10-5-3-2-4-6-10/h2-6,17H,7-9H2,1H3. The van der Waals surface area contributed by atoms with Crippen LogP contribution in [-0.4, -0.2) is 12.1 Å². The average molecular weight is 281 g/mol. The molecule has 0 unspecified atom stereocenters. The van der Waals surface area contributed by atoms with Crippen molar-refractivity contribution < 1.29 is 9.47 Å². The van der Waals surface area contributed by atoms with Gasteiger partial charge in [0.25, 0.3) is 0 Å². The SMILES string of the molecule is COCc1nc(COc2ccccc2)sc1CS. The van der Waals surface area contributed by atoms with E-state index in [0.717, 1.165) is 21.3 Å². The maximum Gasteiger partial charge on any atom is 0.140 e. The molecule has 3 nitrogen and oxygen atoms in total. The van der Waals surface area contributed by atoms with Gasteiger partial charge in [-0.1, -0.05) is 18.2 Å². The largest absolute Gasteiger partial charge is 0.486 e. The number of ether oxygens (including phenoxy) is 2. The summed E-state index contributed by atoms with van der Waals surface area (Å²) >= 11 is 5.92. The Morgan fingerprint density at radius 3 is 2.67 bits per heavy atom. The number of thiol groups is 1. The zero-order chi connectivity index (χ0) is 12.8. The van der Waals surface area contributed by atoms with E-state index in [4.69, 9.17) is 9.47 Å². The van der Waals surface area contributed by atoms with Crippen LogP contribution < -0.4 is 4.74 Å². The number of methoxy groups -OCH3 is 1. The summed E-state index contributed by atoms with van der Waals surface area (Å²) < 4.78 is 10.8. The molecule has 5 heteroatoms. The lowest BCUT2D eigenvalue weighted by Gasteiger charge is -2.02. The summed E-state index contributed by atoms with van der Waals surface area (Å²) in [5.74, 6) is 1.54. The summed E-state index contributed by atoms with van der Waals surface area (Å²) in [6.07, 6.45) is 0. The highest BCUT2D eigenvalue weighted by atomic mass is 32.1. The predicted octanol–water partition coefficient (Wildman–Crippen LogP) is 3.30. The Kier molecular flexibility index (Phi) is 5.04. The quantitative estimate of drug-likeness (QED) is 0.824. The molecule has 1 aromatic carbocycles. The smallest absolute Gasteiger partial charge is 0.140 e. The Morgan fingerprint density at radius 2 is 2.00 bits per heavy atom. The van der Waals surface area contributed by atoms with Crippen molar-refractivity contribution in [2.24, 2.45) is 0 Å². The highest BCUT2D eigenvalue weighted by Crippen LogP contribution is 2.22.